The molecule has 2 heterocycles. The van der Waals surface area contributed by atoms with Crippen molar-refractivity contribution in [1.29, 1.82) is 0 Å². The number of nitrogens with one attached hydrogen (secondary N) is 1. The third-order valence-electron chi connectivity index (χ3n) is 4.42. The Labute approximate surface area is 133 Å². The Balaban J connectivity index is 1.64. The van der Waals surface area contributed by atoms with E-state index in [2.05, 4.69) is 31.0 Å². The van der Waals surface area contributed by atoms with Gasteiger partial charge in [-0.3, -0.25) is 0 Å². The van der Waals surface area contributed by atoms with Crippen molar-refractivity contribution < 1.29 is 0 Å². The van der Waals surface area contributed by atoms with E-state index < -0.39 is 0 Å². The van der Waals surface area contributed by atoms with E-state index >= 15 is 0 Å². The maximum Gasteiger partial charge on any atom is 0.0944 e. The molecule has 3 rings (SSSR count). The Hall–Kier alpha value is -0.450. The van der Waals surface area contributed by atoms with Gasteiger partial charge in [-0.15, -0.1) is 11.3 Å². The Morgan fingerprint density at radius 1 is 1.24 bits per heavy atom. The lowest BCUT2D eigenvalue weighted by Gasteiger charge is -2.18. The van der Waals surface area contributed by atoms with Crippen molar-refractivity contribution in [3.05, 3.63) is 15.6 Å². The lowest BCUT2D eigenvalue weighted by Crippen LogP contribution is -2.22. The number of hydrogen-bond donors (Lipinski definition) is 1. The Morgan fingerprint density at radius 2 is 1.95 bits per heavy atom. The van der Waals surface area contributed by atoms with E-state index in [1.54, 1.807) is 0 Å². The first-order valence-corrected chi connectivity index (χ1v) is 9.29. The minimum absolute atomic E-state index is 0.156. The van der Waals surface area contributed by atoms with Crippen molar-refractivity contribution in [3.63, 3.8) is 0 Å². The largest absolute Gasteiger partial charge is 0.309 e. The van der Waals surface area contributed by atoms with Gasteiger partial charge < -0.3 is 10.2 Å². The van der Waals surface area contributed by atoms with Crippen molar-refractivity contribution in [2.45, 2.75) is 70.9 Å². The second-order valence-corrected chi connectivity index (χ2v) is 8.75. The molecule has 1 aromatic heterocycles. The van der Waals surface area contributed by atoms with Gasteiger partial charge in [0.05, 0.1) is 10.7 Å². The van der Waals surface area contributed by atoms with Crippen LogP contribution in [-0.2, 0) is 18.4 Å². The molecule has 3 nitrogen and oxygen atoms in total. The lowest BCUT2D eigenvalue weighted by atomic mass is 9.91. The fourth-order valence-electron chi connectivity index (χ4n) is 3.00. The van der Waals surface area contributed by atoms with Gasteiger partial charge in [0, 0.05) is 35.8 Å². The SMILES string of the molecule is CC(C)(C)c1nc(CCN2CCCC2)sc1CNC1CC1. The fraction of sp³-hybridized carbons (Fsp3) is 0.824. The molecule has 4 heteroatoms. The molecule has 21 heavy (non-hydrogen) atoms. The van der Waals surface area contributed by atoms with Gasteiger partial charge in [0.2, 0.25) is 0 Å². The van der Waals surface area contributed by atoms with Crippen LogP contribution < -0.4 is 5.32 Å². The van der Waals surface area contributed by atoms with Crippen LogP contribution in [0.15, 0.2) is 0 Å². The highest BCUT2D eigenvalue weighted by Gasteiger charge is 2.26. The zero-order chi connectivity index (χ0) is 14.9. The number of likely N-dealkylation sites (tertiary alicyclic amines) is 1. The van der Waals surface area contributed by atoms with Crippen LogP contribution in [0.5, 0.6) is 0 Å². The molecule has 0 radical (unpaired) electrons. The highest BCUT2D eigenvalue weighted by molar-refractivity contribution is 7.11. The highest BCUT2D eigenvalue weighted by Crippen LogP contribution is 2.31. The summed E-state index contributed by atoms with van der Waals surface area (Å²) in [6.45, 7) is 11.6. The van der Waals surface area contributed by atoms with Gasteiger partial charge in [0.15, 0.2) is 0 Å². The summed E-state index contributed by atoms with van der Waals surface area (Å²) in [4.78, 5) is 9.04. The van der Waals surface area contributed by atoms with Gasteiger partial charge in [0.25, 0.3) is 0 Å². The van der Waals surface area contributed by atoms with Crippen molar-refractivity contribution in [1.82, 2.24) is 15.2 Å². The normalized spacial score (nSPS) is 20.3. The molecule has 0 aromatic carbocycles. The smallest absolute Gasteiger partial charge is 0.0944 e. The molecule has 1 aromatic rings. The maximum absolute atomic E-state index is 4.99. The van der Waals surface area contributed by atoms with Gasteiger partial charge in [0.1, 0.15) is 0 Å². The molecule has 0 bridgehead atoms. The molecule has 0 amide bonds. The zero-order valence-electron chi connectivity index (χ0n) is 13.7. The Bertz CT molecular complexity index is 465. The minimum Gasteiger partial charge on any atom is -0.309 e. The second kappa shape index (κ2) is 6.35. The number of hydrogen-bond acceptors (Lipinski definition) is 4. The van der Waals surface area contributed by atoms with Gasteiger partial charge in [-0.05, 0) is 38.8 Å². The summed E-state index contributed by atoms with van der Waals surface area (Å²) >= 11 is 1.94. The summed E-state index contributed by atoms with van der Waals surface area (Å²) in [5.41, 5.74) is 1.47. The maximum atomic E-state index is 4.99. The lowest BCUT2D eigenvalue weighted by molar-refractivity contribution is 0.343. The fourth-order valence-corrected chi connectivity index (χ4v) is 4.22. The topological polar surface area (TPSA) is 28.2 Å². The third-order valence-corrected chi connectivity index (χ3v) is 5.54. The van der Waals surface area contributed by atoms with E-state index in [1.165, 1.54) is 60.9 Å². The van der Waals surface area contributed by atoms with E-state index in [1.807, 2.05) is 11.3 Å². The van der Waals surface area contributed by atoms with E-state index in [4.69, 9.17) is 4.98 Å². The second-order valence-electron chi connectivity index (χ2n) is 7.58. The molecule has 1 aliphatic heterocycles. The molecule has 2 fully saturated rings. The molecule has 1 saturated carbocycles. The van der Waals surface area contributed by atoms with Crippen LogP contribution in [0.4, 0.5) is 0 Å². The molecular weight excluding hydrogens is 278 g/mol. The summed E-state index contributed by atoms with van der Waals surface area (Å²) < 4.78 is 0. The highest BCUT2D eigenvalue weighted by atomic mass is 32.1. The molecule has 1 saturated heterocycles. The molecule has 118 valence electrons. The number of nitrogens with zero attached hydrogens (tertiary/aromatic N) is 2. The monoisotopic (exact) mass is 307 g/mol. The van der Waals surface area contributed by atoms with Gasteiger partial charge in [-0.1, -0.05) is 20.8 Å². The first-order valence-electron chi connectivity index (χ1n) is 8.47. The van der Waals surface area contributed by atoms with E-state index in [9.17, 15) is 0 Å². The van der Waals surface area contributed by atoms with E-state index in [0.717, 1.165) is 19.0 Å². The van der Waals surface area contributed by atoms with Crippen molar-refractivity contribution in [2.75, 3.05) is 19.6 Å². The van der Waals surface area contributed by atoms with Crippen LogP contribution >= 0.6 is 11.3 Å². The van der Waals surface area contributed by atoms with Crippen LogP contribution in [0.3, 0.4) is 0 Å². The van der Waals surface area contributed by atoms with E-state index in [0.29, 0.717) is 0 Å². The van der Waals surface area contributed by atoms with Gasteiger partial charge in [-0.2, -0.15) is 0 Å². The quantitative estimate of drug-likeness (QED) is 0.874. The standard InChI is InChI=1S/C17H29N3S/c1-17(2,3)16-14(12-18-13-6-7-13)21-15(19-16)8-11-20-9-4-5-10-20/h13,18H,4-12H2,1-3H3. The van der Waals surface area contributed by atoms with Gasteiger partial charge in [-0.25, -0.2) is 4.98 Å². The van der Waals surface area contributed by atoms with Crippen LogP contribution in [0, 0.1) is 0 Å². The molecule has 0 spiro atoms. The van der Waals surface area contributed by atoms with E-state index in [-0.39, 0.29) is 5.41 Å². The van der Waals surface area contributed by atoms with Crippen molar-refractivity contribution in [3.8, 4) is 0 Å². The van der Waals surface area contributed by atoms with Crippen LogP contribution in [-0.4, -0.2) is 35.6 Å². The molecule has 1 N–H and O–H groups in total. The molecular formula is C17H29N3S. The number of aromatic nitrogens is 1. The van der Waals surface area contributed by atoms with Crippen LogP contribution in [0.25, 0.3) is 0 Å². The van der Waals surface area contributed by atoms with Gasteiger partial charge >= 0.3 is 0 Å². The van der Waals surface area contributed by atoms with Crippen LogP contribution in [0.2, 0.25) is 0 Å². The third kappa shape index (κ3) is 4.27. The molecule has 0 unspecified atom stereocenters. The molecule has 2 aliphatic rings. The summed E-state index contributed by atoms with van der Waals surface area (Å²) in [5, 5.41) is 4.99. The minimum atomic E-state index is 0.156. The summed E-state index contributed by atoms with van der Waals surface area (Å²) in [7, 11) is 0. The number of thiazole rings is 1. The van der Waals surface area contributed by atoms with Crippen molar-refractivity contribution in [2.24, 2.45) is 0 Å². The first-order chi connectivity index (χ1) is 10.0. The summed E-state index contributed by atoms with van der Waals surface area (Å²) in [6.07, 6.45) is 6.58. The molecule has 1 aliphatic carbocycles. The predicted octanol–water partition coefficient (Wildman–Crippen LogP) is 3.33. The first kappa shape index (κ1) is 15.4. The van der Waals surface area contributed by atoms with Crippen molar-refractivity contribution >= 4 is 11.3 Å². The number of rotatable bonds is 6. The zero-order valence-corrected chi connectivity index (χ0v) is 14.6. The average Bonchev–Trinajstić information content (AvgIpc) is 2.94. The van der Waals surface area contributed by atoms with Crippen LogP contribution in [0.1, 0.15) is 62.0 Å². The molecule has 0 atom stereocenters. The summed E-state index contributed by atoms with van der Waals surface area (Å²) in [6, 6.07) is 0.771. The average molecular weight is 308 g/mol. The Morgan fingerprint density at radius 3 is 2.57 bits per heavy atom. The predicted molar refractivity (Wildman–Crippen MR) is 90.1 cm³/mol. The summed E-state index contributed by atoms with van der Waals surface area (Å²) in [5.74, 6) is 0. The Kier molecular flexibility index (Phi) is 4.67.